The number of hydrogen-bond donors (Lipinski definition) is 3. The molecule has 3 aromatic heterocycles. The molecule has 44 heavy (non-hydrogen) atoms. The van der Waals surface area contributed by atoms with E-state index in [-0.39, 0.29) is 23.8 Å². The zero-order valence-electron chi connectivity index (χ0n) is 24.4. The van der Waals surface area contributed by atoms with Crippen LogP contribution in [0.25, 0.3) is 11.4 Å². The Hall–Kier alpha value is -3.58. The average Bonchev–Trinajstić information content (AvgIpc) is 3.54. The summed E-state index contributed by atoms with van der Waals surface area (Å²) in [5.41, 5.74) is 2.00. The van der Waals surface area contributed by atoms with Crippen LogP contribution in [0.1, 0.15) is 50.5 Å². The lowest BCUT2D eigenvalue weighted by Gasteiger charge is -2.29. The minimum absolute atomic E-state index is 0.0570. The van der Waals surface area contributed by atoms with Crippen molar-refractivity contribution in [3.8, 4) is 23.2 Å². The Morgan fingerprint density at radius 2 is 1.82 bits per heavy atom. The summed E-state index contributed by atoms with van der Waals surface area (Å²) in [7, 11) is -6.73. The predicted octanol–water partition coefficient (Wildman–Crippen LogP) is 2.42. The zero-order chi connectivity index (χ0) is 30.9. The van der Waals surface area contributed by atoms with E-state index in [2.05, 4.69) is 42.5 Å². The van der Waals surface area contributed by atoms with Gasteiger partial charge in [-0.05, 0) is 56.9 Å². The molecule has 15 heteroatoms. The van der Waals surface area contributed by atoms with Crippen molar-refractivity contribution in [2.75, 3.05) is 36.6 Å². The number of anilines is 3. The van der Waals surface area contributed by atoms with E-state index in [9.17, 15) is 21.9 Å². The van der Waals surface area contributed by atoms with Crippen LogP contribution >= 0.6 is 0 Å². The molecule has 0 aromatic carbocycles. The van der Waals surface area contributed by atoms with E-state index in [1.54, 1.807) is 18.5 Å². The highest BCUT2D eigenvalue weighted by Gasteiger charge is 2.37. The van der Waals surface area contributed by atoms with E-state index in [4.69, 9.17) is 0 Å². The monoisotopic (exact) mass is 640 g/mol. The molecule has 0 spiro atoms. The van der Waals surface area contributed by atoms with Crippen LogP contribution in [-0.4, -0.2) is 87.6 Å². The smallest absolute Gasteiger partial charge is 0.256 e. The molecule has 3 N–H and O–H groups in total. The maximum absolute atomic E-state index is 12.5. The maximum atomic E-state index is 12.5. The second-order valence-corrected chi connectivity index (χ2v) is 15.8. The van der Waals surface area contributed by atoms with E-state index in [0.29, 0.717) is 66.9 Å². The first-order valence-electron chi connectivity index (χ1n) is 14.8. The molecule has 4 heterocycles. The molecule has 3 aromatic rings. The van der Waals surface area contributed by atoms with Gasteiger partial charge >= 0.3 is 0 Å². The maximum Gasteiger partial charge on any atom is 0.256 e. The third-order valence-corrected chi connectivity index (χ3v) is 11.6. The second-order valence-electron chi connectivity index (χ2n) is 11.8. The third kappa shape index (κ3) is 7.04. The summed E-state index contributed by atoms with van der Waals surface area (Å²) >= 11 is 0. The standard InChI is InChI=1S/C29H36N8O5S2/c1-43(39,40)36-13-11-20(17-36)2-5-22-15-31-28(14-26(22)33-24-6-3-21(19-38)4-7-24)34-27-10-12-30-29(35-27)23-16-32-37(18-23)44(41,42)25-8-9-25/h10,12,14-16,18,20-21,24-25,38H,3-4,6-9,11,13,17,19H2,1H3,(H2,30,31,33,34,35). The lowest BCUT2D eigenvalue weighted by atomic mass is 9.86. The Morgan fingerprint density at radius 3 is 2.52 bits per heavy atom. The van der Waals surface area contributed by atoms with Crippen molar-refractivity contribution in [2.45, 2.75) is 56.2 Å². The molecule has 1 unspecified atom stereocenters. The highest BCUT2D eigenvalue weighted by atomic mass is 32.2. The van der Waals surface area contributed by atoms with Crippen LogP contribution in [0.3, 0.4) is 0 Å². The first-order chi connectivity index (χ1) is 21.1. The fourth-order valence-electron chi connectivity index (χ4n) is 5.56. The fourth-order valence-corrected chi connectivity index (χ4v) is 7.92. The molecule has 3 aliphatic rings. The third-order valence-electron chi connectivity index (χ3n) is 8.34. The predicted molar refractivity (Wildman–Crippen MR) is 166 cm³/mol. The summed E-state index contributed by atoms with van der Waals surface area (Å²) in [6.07, 6.45) is 13.1. The number of sulfonamides is 1. The Labute approximate surface area is 257 Å². The first kappa shape index (κ1) is 30.4. The van der Waals surface area contributed by atoms with Crippen molar-refractivity contribution in [3.05, 3.63) is 42.5 Å². The lowest BCUT2D eigenvalue weighted by Crippen LogP contribution is -2.27. The van der Waals surface area contributed by atoms with Crippen LogP contribution in [0.5, 0.6) is 0 Å². The van der Waals surface area contributed by atoms with Gasteiger partial charge in [0.2, 0.25) is 10.0 Å². The Balaban J connectivity index is 1.22. The van der Waals surface area contributed by atoms with Gasteiger partial charge in [-0.25, -0.2) is 36.1 Å². The second kappa shape index (κ2) is 12.4. The zero-order valence-corrected chi connectivity index (χ0v) is 26.1. The van der Waals surface area contributed by atoms with E-state index in [0.717, 1.165) is 35.5 Å². The van der Waals surface area contributed by atoms with Gasteiger partial charge in [0.1, 0.15) is 11.6 Å². The van der Waals surface area contributed by atoms with Gasteiger partial charge in [0.05, 0.1) is 40.7 Å². The summed E-state index contributed by atoms with van der Waals surface area (Å²) in [5, 5.41) is 20.0. The molecule has 1 saturated heterocycles. The van der Waals surface area contributed by atoms with E-state index in [1.165, 1.54) is 23.0 Å². The fraction of sp³-hybridized carbons (Fsp3) is 0.517. The van der Waals surface area contributed by atoms with Gasteiger partial charge in [-0.15, -0.1) is 0 Å². The normalized spacial score (nSPS) is 22.7. The molecule has 0 bridgehead atoms. The topological polar surface area (TPSA) is 172 Å². The number of rotatable bonds is 9. The largest absolute Gasteiger partial charge is 0.396 e. The minimum atomic E-state index is -3.49. The van der Waals surface area contributed by atoms with Gasteiger partial charge < -0.3 is 15.7 Å². The van der Waals surface area contributed by atoms with Crippen LogP contribution in [0.15, 0.2) is 36.9 Å². The molecule has 1 atom stereocenters. The number of hydrogen-bond acceptors (Lipinski definition) is 11. The van der Waals surface area contributed by atoms with Gasteiger partial charge in [-0.1, -0.05) is 11.8 Å². The summed E-state index contributed by atoms with van der Waals surface area (Å²) in [4.78, 5) is 13.4. The summed E-state index contributed by atoms with van der Waals surface area (Å²) < 4.78 is 51.4. The Kier molecular flexibility index (Phi) is 8.60. The molecule has 234 valence electrons. The first-order valence-corrected chi connectivity index (χ1v) is 18.2. The molecule has 0 radical (unpaired) electrons. The quantitative estimate of drug-likeness (QED) is 0.293. The molecule has 1 aliphatic heterocycles. The summed E-state index contributed by atoms with van der Waals surface area (Å²) in [6.45, 7) is 1.06. The molecular weight excluding hydrogens is 605 g/mol. The number of aliphatic hydroxyl groups excluding tert-OH is 1. The van der Waals surface area contributed by atoms with E-state index in [1.807, 2.05) is 6.07 Å². The van der Waals surface area contributed by atoms with Crippen LogP contribution < -0.4 is 10.6 Å². The van der Waals surface area contributed by atoms with Crippen molar-refractivity contribution in [1.82, 2.24) is 28.4 Å². The van der Waals surface area contributed by atoms with E-state index < -0.39 is 20.0 Å². The molecule has 2 aliphatic carbocycles. The van der Waals surface area contributed by atoms with Crippen molar-refractivity contribution < 1.29 is 21.9 Å². The van der Waals surface area contributed by atoms with E-state index >= 15 is 0 Å². The van der Waals surface area contributed by atoms with Crippen molar-refractivity contribution in [2.24, 2.45) is 11.8 Å². The van der Waals surface area contributed by atoms with Gasteiger partial charge in [0, 0.05) is 50.1 Å². The number of nitrogens with one attached hydrogen (secondary N) is 2. The van der Waals surface area contributed by atoms with Crippen LogP contribution in [0, 0.1) is 23.7 Å². The highest BCUT2D eigenvalue weighted by molar-refractivity contribution is 7.90. The van der Waals surface area contributed by atoms with Gasteiger partial charge in [0.15, 0.2) is 5.82 Å². The molecule has 6 rings (SSSR count). The number of aliphatic hydroxyl groups is 1. The molecule has 2 saturated carbocycles. The molecule has 13 nitrogen and oxygen atoms in total. The SMILES string of the molecule is CS(=O)(=O)N1CCC(C#Cc2cnc(Nc3ccnc(-c4cnn(S(=O)(=O)C5CC5)c4)n3)cc2NC2CCC(CO)CC2)C1. The summed E-state index contributed by atoms with van der Waals surface area (Å²) in [5.74, 6) is 8.09. The van der Waals surface area contributed by atoms with Crippen molar-refractivity contribution in [1.29, 1.82) is 0 Å². The minimum Gasteiger partial charge on any atom is -0.396 e. The van der Waals surface area contributed by atoms with Crippen molar-refractivity contribution >= 4 is 37.4 Å². The lowest BCUT2D eigenvalue weighted by molar-refractivity contribution is 0.186. The Morgan fingerprint density at radius 1 is 1.02 bits per heavy atom. The molecular formula is C29H36N8O5S2. The number of aromatic nitrogens is 5. The molecule has 3 fully saturated rings. The number of nitrogens with zero attached hydrogens (tertiary/aromatic N) is 6. The Bertz CT molecular complexity index is 1790. The highest BCUT2D eigenvalue weighted by Crippen LogP contribution is 2.31. The number of pyridine rings is 1. The van der Waals surface area contributed by atoms with Gasteiger partial charge in [0.25, 0.3) is 10.0 Å². The average molecular weight is 641 g/mol. The van der Waals surface area contributed by atoms with Crippen LogP contribution in [0.4, 0.5) is 17.3 Å². The molecule has 0 amide bonds. The van der Waals surface area contributed by atoms with Crippen LogP contribution in [0.2, 0.25) is 0 Å². The van der Waals surface area contributed by atoms with Gasteiger partial charge in [-0.3, -0.25) is 0 Å². The van der Waals surface area contributed by atoms with Crippen LogP contribution in [-0.2, 0) is 20.0 Å². The van der Waals surface area contributed by atoms with Crippen molar-refractivity contribution in [3.63, 3.8) is 0 Å². The summed E-state index contributed by atoms with van der Waals surface area (Å²) in [6, 6.07) is 3.79. The van der Waals surface area contributed by atoms with Gasteiger partial charge in [-0.2, -0.15) is 9.19 Å².